The quantitative estimate of drug-likeness (QED) is 0.407. The Morgan fingerprint density at radius 3 is 1.90 bits per heavy atom. The van der Waals surface area contributed by atoms with Gasteiger partial charge in [0, 0.05) is 6.42 Å². The van der Waals surface area contributed by atoms with E-state index in [2.05, 4.69) is 4.74 Å². The third kappa shape index (κ3) is 10.8. The highest BCUT2D eigenvalue weighted by atomic mass is 16.5. The molecule has 118 valence electrons. The predicted molar refractivity (Wildman–Crippen MR) is 79.6 cm³/mol. The number of carbonyl (C=O) groups excluding carboxylic acids is 1. The zero-order chi connectivity index (χ0) is 15.2. The van der Waals surface area contributed by atoms with Crippen LogP contribution in [0, 0.1) is 5.92 Å². The van der Waals surface area contributed by atoms with Crippen molar-refractivity contribution < 1.29 is 19.4 Å². The maximum Gasteiger partial charge on any atom is 0.306 e. The van der Waals surface area contributed by atoms with Crippen molar-refractivity contribution >= 4 is 11.9 Å². The summed E-state index contributed by atoms with van der Waals surface area (Å²) >= 11 is 0. The molecule has 0 heterocycles. The van der Waals surface area contributed by atoms with E-state index in [1.807, 2.05) is 6.92 Å². The first-order valence-electron chi connectivity index (χ1n) is 7.91. The van der Waals surface area contributed by atoms with E-state index in [9.17, 15) is 9.59 Å². The highest BCUT2D eigenvalue weighted by molar-refractivity contribution is 5.69. The smallest absolute Gasteiger partial charge is 0.306 e. The zero-order valence-corrected chi connectivity index (χ0v) is 13.0. The number of hydrogen-bond donors (Lipinski definition) is 1. The lowest BCUT2D eigenvalue weighted by atomic mass is 9.98. The molecule has 20 heavy (non-hydrogen) atoms. The molecule has 1 atom stereocenters. The summed E-state index contributed by atoms with van der Waals surface area (Å²) in [6, 6.07) is 0. The van der Waals surface area contributed by atoms with Crippen LogP contribution in [0.25, 0.3) is 0 Å². The molecule has 0 aromatic carbocycles. The van der Waals surface area contributed by atoms with E-state index in [0.29, 0.717) is 6.42 Å². The van der Waals surface area contributed by atoms with Gasteiger partial charge in [-0.2, -0.15) is 0 Å². The van der Waals surface area contributed by atoms with Gasteiger partial charge in [-0.25, -0.2) is 0 Å². The lowest BCUT2D eigenvalue weighted by Crippen LogP contribution is -2.12. The Hall–Kier alpha value is -1.06. The van der Waals surface area contributed by atoms with Crippen LogP contribution in [0.4, 0.5) is 0 Å². The summed E-state index contributed by atoms with van der Waals surface area (Å²) in [6.45, 7) is 1.94. The molecule has 0 rings (SSSR count). The second kappa shape index (κ2) is 12.9. The molecule has 0 fully saturated rings. The third-order valence-electron chi connectivity index (χ3n) is 3.75. The van der Waals surface area contributed by atoms with Gasteiger partial charge >= 0.3 is 11.9 Å². The number of esters is 1. The number of ether oxygens (including phenoxy) is 1. The van der Waals surface area contributed by atoms with Gasteiger partial charge in [0.25, 0.3) is 0 Å². The van der Waals surface area contributed by atoms with Crippen LogP contribution in [0.15, 0.2) is 0 Å². The van der Waals surface area contributed by atoms with Crippen molar-refractivity contribution in [2.75, 3.05) is 7.11 Å². The van der Waals surface area contributed by atoms with E-state index in [1.165, 1.54) is 32.8 Å². The number of methoxy groups -OCH3 is 1. The molecular weight excluding hydrogens is 256 g/mol. The average molecular weight is 286 g/mol. The molecule has 0 unspecified atom stereocenters. The SMILES string of the molecule is CC[C@@H](CCCCCCCCCCC(=O)OC)C(=O)O. The number of unbranched alkanes of at least 4 members (excludes halogenated alkanes) is 7. The minimum absolute atomic E-state index is 0.117. The fourth-order valence-corrected chi connectivity index (χ4v) is 2.33. The van der Waals surface area contributed by atoms with Crippen LogP contribution in [0.5, 0.6) is 0 Å². The first-order valence-corrected chi connectivity index (χ1v) is 7.91. The molecular formula is C16H30O4. The maximum absolute atomic E-state index is 10.9. The highest BCUT2D eigenvalue weighted by Crippen LogP contribution is 2.16. The summed E-state index contributed by atoms with van der Waals surface area (Å²) in [5.41, 5.74) is 0. The van der Waals surface area contributed by atoms with E-state index in [-0.39, 0.29) is 11.9 Å². The Kier molecular flexibility index (Phi) is 12.3. The molecule has 0 saturated carbocycles. The molecule has 0 aliphatic rings. The Balaban J connectivity index is 3.24. The monoisotopic (exact) mass is 286 g/mol. The van der Waals surface area contributed by atoms with Crippen LogP contribution in [0.2, 0.25) is 0 Å². The van der Waals surface area contributed by atoms with Gasteiger partial charge in [0.2, 0.25) is 0 Å². The Labute approximate surface area is 122 Å². The molecule has 4 heteroatoms. The number of carboxylic acid groups (broad SMARTS) is 1. The largest absolute Gasteiger partial charge is 0.481 e. The highest BCUT2D eigenvalue weighted by Gasteiger charge is 2.13. The van der Waals surface area contributed by atoms with E-state index in [4.69, 9.17) is 5.11 Å². The van der Waals surface area contributed by atoms with E-state index in [1.54, 1.807) is 0 Å². The van der Waals surface area contributed by atoms with Gasteiger partial charge in [0.1, 0.15) is 0 Å². The number of rotatable bonds is 13. The zero-order valence-electron chi connectivity index (χ0n) is 13.0. The van der Waals surface area contributed by atoms with Crippen molar-refractivity contribution in [3.05, 3.63) is 0 Å². The molecule has 0 spiro atoms. The van der Waals surface area contributed by atoms with Crippen molar-refractivity contribution in [3.63, 3.8) is 0 Å². The minimum atomic E-state index is -0.655. The van der Waals surface area contributed by atoms with Crippen molar-refractivity contribution in [2.45, 2.75) is 77.6 Å². The van der Waals surface area contributed by atoms with Crippen molar-refractivity contribution in [1.29, 1.82) is 0 Å². The molecule has 0 bridgehead atoms. The molecule has 0 aliphatic carbocycles. The molecule has 1 N–H and O–H groups in total. The van der Waals surface area contributed by atoms with Crippen LogP contribution in [-0.2, 0) is 14.3 Å². The van der Waals surface area contributed by atoms with Gasteiger partial charge in [0.15, 0.2) is 0 Å². The molecule has 4 nitrogen and oxygen atoms in total. The standard InChI is InChI=1S/C16H30O4/c1-3-14(16(18)19)12-10-8-6-4-5-7-9-11-13-15(17)20-2/h14H,3-13H2,1-2H3,(H,18,19)/t14-/m0/s1. The van der Waals surface area contributed by atoms with Gasteiger partial charge in [-0.05, 0) is 19.3 Å². The van der Waals surface area contributed by atoms with Crippen LogP contribution in [0.1, 0.15) is 77.6 Å². The Morgan fingerprint density at radius 2 is 1.45 bits per heavy atom. The van der Waals surface area contributed by atoms with Gasteiger partial charge in [-0.3, -0.25) is 9.59 Å². The maximum atomic E-state index is 10.9. The van der Waals surface area contributed by atoms with Gasteiger partial charge in [-0.15, -0.1) is 0 Å². The molecule has 0 aromatic rings. The lowest BCUT2D eigenvalue weighted by Gasteiger charge is -2.08. The number of aliphatic carboxylic acids is 1. The molecule has 0 amide bonds. The van der Waals surface area contributed by atoms with Crippen molar-refractivity contribution in [3.8, 4) is 0 Å². The van der Waals surface area contributed by atoms with Crippen LogP contribution in [-0.4, -0.2) is 24.2 Å². The molecule has 0 aromatic heterocycles. The third-order valence-corrected chi connectivity index (χ3v) is 3.75. The van der Waals surface area contributed by atoms with Crippen LogP contribution >= 0.6 is 0 Å². The average Bonchev–Trinajstić information content (AvgIpc) is 2.44. The van der Waals surface area contributed by atoms with Gasteiger partial charge in [0.05, 0.1) is 13.0 Å². The fraction of sp³-hybridized carbons (Fsp3) is 0.875. The lowest BCUT2D eigenvalue weighted by molar-refractivity contribution is -0.142. The van der Waals surface area contributed by atoms with Gasteiger partial charge < -0.3 is 9.84 Å². The van der Waals surface area contributed by atoms with E-state index < -0.39 is 5.97 Å². The summed E-state index contributed by atoms with van der Waals surface area (Å²) in [6.07, 6.45) is 11.0. The summed E-state index contributed by atoms with van der Waals surface area (Å²) in [4.78, 5) is 21.7. The van der Waals surface area contributed by atoms with E-state index >= 15 is 0 Å². The summed E-state index contributed by atoms with van der Waals surface area (Å²) in [5, 5.41) is 8.92. The normalized spacial score (nSPS) is 12.1. The van der Waals surface area contributed by atoms with Crippen LogP contribution in [0.3, 0.4) is 0 Å². The molecule has 0 aliphatic heterocycles. The topological polar surface area (TPSA) is 63.6 Å². The minimum Gasteiger partial charge on any atom is -0.481 e. The van der Waals surface area contributed by atoms with E-state index in [0.717, 1.165) is 38.5 Å². The molecule has 0 radical (unpaired) electrons. The van der Waals surface area contributed by atoms with Crippen molar-refractivity contribution in [2.24, 2.45) is 5.92 Å². The first-order chi connectivity index (χ1) is 9.61. The molecule has 0 saturated heterocycles. The summed E-state index contributed by atoms with van der Waals surface area (Å²) in [7, 11) is 1.43. The summed E-state index contributed by atoms with van der Waals surface area (Å²) in [5.74, 6) is -0.930. The predicted octanol–water partition coefficient (Wildman–Crippen LogP) is 4.17. The number of carboxylic acids is 1. The second-order valence-corrected chi connectivity index (χ2v) is 5.39. The number of hydrogen-bond acceptors (Lipinski definition) is 3. The Morgan fingerprint density at radius 1 is 0.950 bits per heavy atom. The summed E-state index contributed by atoms with van der Waals surface area (Å²) < 4.78 is 4.59. The Bertz CT molecular complexity index is 263. The van der Waals surface area contributed by atoms with Gasteiger partial charge in [-0.1, -0.05) is 51.9 Å². The number of carbonyl (C=O) groups is 2. The first kappa shape index (κ1) is 18.9. The second-order valence-electron chi connectivity index (χ2n) is 5.39. The fourth-order valence-electron chi connectivity index (χ4n) is 2.33. The van der Waals surface area contributed by atoms with Crippen LogP contribution < -0.4 is 0 Å². The van der Waals surface area contributed by atoms with Crippen molar-refractivity contribution in [1.82, 2.24) is 0 Å².